The van der Waals surface area contributed by atoms with E-state index in [0.717, 1.165) is 17.8 Å². The van der Waals surface area contributed by atoms with Crippen molar-refractivity contribution in [1.29, 1.82) is 0 Å². The summed E-state index contributed by atoms with van der Waals surface area (Å²) in [4.78, 5) is 0. The third kappa shape index (κ3) is 2.46. The minimum Gasteiger partial charge on any atom is -0.232 e. The van der Waals surface area contributed by atoms with Gasteiger partial charge in [0, 0.05) is 22.9 Å². The van der Waals surface area contributed by atoms with E-state index in [1.807, 2.05) is 0 Å². The zero-order chi connectivity index (χ0) is 19.4. The van der Waals surface area contributed by atoms with Crippen molar-refractivity contribution >= 4 is 27.9 Å². The lowest BCUT2D eigenvalue weighted by molar-refractivity contribution is 0.960. The molecule has 0 saturated heterocycles. The van der Waals surface area contributed by atoms with Gasteiger partial charge in [0.2, 0.25) is 0 Å². The standard InChI is InChI=1S/C27H20N2/c1-18-26(23-15-20-11-5-6-12-21(20)16-23)28-29-25(19-9-3-2-4-10-19)17-22-13-7-8-14-24(22)27(18)29/h2-15,17H,16H2,1H3. The fourth-order valence-electron chi connectivity index (χ4n) is 4.58. The molecule has 2 nitrogen and oxygen atoms in total. The maximum absolute atomic E-state index is 5.15. The molecule has 0 fully saturated rings. The second-order valence-electron chi connectivity index (χ2n) is 7.76. The average Bonchev–Trinajstić information content (AvgIpc) is 3.35. The van der Waals surface area contributed by atoms with Crippen LogP contribution < -0.4 is 0 Å². The molecule has 6 rings (SSSR count). The van der Waals surface area contributed by atoms with E-state index in [-0.39, 0.29) is 0 Å². The largest absolute Gasteiger partial charge is 0.232 e. The zero-order valence-corrected chi connectivity index (χ0v) is 16.3. The molecule has 3 aromatic carbocycles. The lowest BCUT2D eigenvalue weighted by atomic mass is 10.0. The van der Waals surface area contributed by atoms with E-state index in [1.54, 1.807) is 0 Å². The summed E-state index contributed by atoms with van der Waals surface area (Å²) in [5.41, 5.74) is 9.86. The third-order valence-corrected chi connectivity index (χ3v) is 6.00. The number of allylic oxidation sites excluding steroid dienone is 1. The Bertz CT molecular complexity index is 1420. The highest BCUT2D eigenvalue weighted by Crippen LogP contribution is 2.37. The number of hydrogen-bond acceptors (Lipinski definition) is 1. The fraction of sp³-hybridized carbons (Fsp3) is 0.0741. The summed E-state index contributed by atoms with van der Waals surface area (Å²) in [6.07, 6.45) is 3.24. The summed E-state index contributed by atoms with van der Waals surface area (Å²) in [7, 11) is 0. The third-order valence-electron chi connectivity index (χ3n) is 6.00. The highest BCUT2D eigenvalue weighted by atomic mass is 15.2. The van der Waals surface area contributed by atoms with Gasteiger partial charge in [0.1, 0.15) is 0 Å². The highest BCUT2D eigenvalue weighted by molar-refractivity contribution is 6.02. The van der Waals surface area contributed by atoms with Crippen molar-refractivity contribution in [1.82, 2.24) is 9.61 Å². The molecule has 0 spiro atoms. The normalized spacial score (nSPS) is 13.1. The van der Waals surface area contributed by atoms with Crippen LogP contribution in [0.15, 0.2) is 84.9 Å². The molecule has 0 atom stereocenters. The van der Waals surface area contributed by atoms with Crippen LogP contribution in [0.4, 0.5) is 0 Å². The van der Waals surface area contributed by atoms with Crippen molar-refractivity contribution in [3.63, 3.8) is 0 Å². The van der Waals surface area contributed by atoms with Crippen molar-refractivity contribution < 1.29 is 0 Å². The van der Waals surface area contributed by atoms with Crippen LogP contribution >= 0.6 is 0 Å². The van der Waals surface area contributed by atoms with E-state index in [0.29, 0.717) is 0 Å². The highest BCUT2D eigenvalue weighted by Gasteiger charge is 2.21. The van der Waals surface area contributed by atoms with Gasteiger partial charge in [0.15, 0.2) is 0 Å². The summed E-state index contributed by atoms with van der Waals surface area (Å²) in [6.45, 7) is 2.21. The summed E-state index contributed by atoms with van der Waals surface area (Å²) in [6, 6.07) is 30.1. The van der Waals surface area contributed by atoms with Crippen molar-refractivity contribution in [3.05, 3.63) is 107 Å². The van der Waals surface area contributed by atoms with Crippen molar-refractivity contribution in [3.8, 4) is 11.3 Å². The quantitative estimate of drug-likeness (QED) is 0.343. The molecule has 138 valence electrons. The van der Waals surface area contributed by atoms with Gasteiger partial charge < -0.3 is 0 Å². The van der Waals surface area contributed by atoms with E-state index in [9.17, 15) is 0 Å². The molecule has 5 aromatic rings. The second-order valence-corrected chi connectivity index (χ2v) is 7.76. The van der Waals surface area contributed by atoms with Gasteiger partial charge in [-0.1, -0.05) is 78.9 Å². The monoisotopic (exact) mass is 372 g/mol. The van der Waals surface area contributed by atoms with Gasteiger partial charge in [0.05, 0.1) is 16.9 Å². The second kappa shape index (κ2) is 6.18. The van der Waals surface area contributed by atoms with Crippen LogP contribution in [-0.2, 0) is 6.42 Å². The first-order valence-electron chi connectivity index (χ1n) is 10.0. The van der Waals surface area contributed by atoms with Crippen LogP contribution in [0.2, 0.25) is 0 Å². The topological polar surface area (TPSA) is 17.3 Å². The summed E-state index contributed by atoms with van der Waals surface area (Å²) in [5, 5.41) is 7.65. The summed E-state index contributed by atoms with van der Waals surface area (Å²) >= 11 is 0. The van der Waals surface area contributed by atoms with Gasteiger partial charge >= 0.3 is 0 Å². The van der Waals surface area contributed by atoms with Crippen LogP contribution in [0.5, 0.6) is 0 Å². The Balaban J connectivity index is 1.66. The van der Waals surface area contributed by atoms with Gasteiger partial charge in [-0.05, 0) is 41.2 Å². The number of benzene rings is 3. The molecule has 1 aliphatic carbocycles. The fourth-order valence-corrected chi connectivity index (χ4v) is 4.58. The van der Waals surface area contributed by atoms with E-state index in [4.69, 9.17) is 5.10 Å². The molecule has 0 radical (unpaired) electrons. The number of aromatic nitrogens is 2. The molecule has 0 amide bonds. The number of fused-ring (bicyclic) bond motifs is 4. The molecule has 0 N–H and O–H groups in total. The van der Waals surface area contributed by atoms with Gasteiger partial charge in [0.25, 0.3) is 0 Å². The Labute approximate surface area is 169 Å². The molecular weight excluding hydrogens is 352 g/mol. The number of rotatable bonds is 2. The molecule has 29 heavy (non-hydrogen) atoms. The molecular formula is C27H20N2. The van der Waals surface area contributed by atoms with Gasteiger partial charge in [-0.25, -0.2) is 4.52 Å². The summed E-state index contributed by atoms with van der Waals surface area (Å²) < 4.78 is 2.14. The van der Waals surface area contributed by atoms with Gasteiger partial charge in [-0.3, -0.25) is 0 Å². The molecule has 0 aliphatic heterocycles. The first kappa shape index (κ1) is 16.3. The lowest BCUT2D eigenvalue weighted by Crippen LogP contribution is -1.96. The van der Waals surface area contributed by atoms with Crippen molar-refractivity contribution in [2.75, 3.05) is 0 Å². The number of pyridine rings is 1. The Hall–Kier alpha value is -3.65. The molecule has 2 heteroatoms. The maximum Gasteiger partial charge on any atom is 0.0926 e. The Kier molecular flexibility index (Phi) is 3.48. The molecule has 1 aliphatic rings. The molecule has 2 aromatic heterocycles. The smallest absolute Gasteiger partial charge is 0.0926 e. The molecule has 0 saturated carbocycles. The minimum absolute atomic E-state index is 0.944. The zero-order valence-electron chi connectivity index (χ0n) is 16.3. The average molecular weight is 372 g/mol. The van der Waals surface area contributed by atoms with Gasteiger partial charge in [-0.15, -0.1) is 0 Å². The number of hydrogen-bond donors (Lipinski definition) is 0. The van der Waals surface area contributed by atoms with E-state index in [2.05, 4.69) is 102 Å². The predicted molar refractivity (Wildman–Crippen MR) is 121 cm³/mol. The SMILES string of the molecule is Cc1c(C2=Cc3ccccc3C2)nn2c(-c3ccccc3)cc3ccccc3c12. The number of nitrogens with zero attached hydrogens (tertiary/aromatic N) is 2. The Morgan fingerprint density at radius 2 is 1.59 bits per heavy atom. The van der Waals surface area contributed by atoms with E-state index >= 15 is 0 Å². The van der Waals surface area contributed by atoms with Crippen LogP contribution in [0.1, 0.15) is 22.4 Å². The predicted octanol–water partition coefficient (Wildman–Crippen LogP) is 6.56. The van der Waals surface area contributed by atoms with E-state index < -0.39 is 0 Å². The van der Waals surface area contributed by atoms with Crippen molar-refractivity contribution in [2.45, 2.75) is 13.3 Å². The number of aryl methyl sites for hydroxylation is 1. The lowest BCUT2D eigenvalue weighted by Gasteiger charge is -2.09. The minimum atomic E-state index is 0.944. The maximum atomic E-state index is 5.15. The van der Waals surface area contributed by atoms with Crippen LogP contribution in [0.3, 0.4) is 0 Å². The van der Waals surface area contributed by atoms with E-state index in [1.165, 1.54) is 44.1 Å². The first-order chi connectivity index (χ1) is 14.3. The Morgan fingerprint density at radius 3 is 2.45 bits per heavy atom. The van der Waals surface area contributed by atoms with Crippen LogP contribution in [-0.4, -0.2) is 9.61 Å². The Morgan fingerprint density at radius 1 is 0.828 bits per heavy atom. The summed E-state index contributed by atoms with van der Waals surface area (Å²) in [5.74, 6) is 0. The van der Waals surface area contributed by atoms with Crippen LogP contribution in [0.25, 0.3) is 39.2 Å². The molecule has 0 bridgehead atoms. The molecule has 2 heterocycles. The van der Waals surface area contributed by atoms with Gasteiger partial charge in [-0.2, -0.15) is 5.10 Å². The van der Waals surface area contributed by atoms with Crippen LogP contribution in [0, 0.1) is 6.92 Å². The van der Waals surface area contributed by atoms with Crippen molar-refractivity contribution in [2.24, 2.45) is 0 Å². The first-order valence-corrected chi connectivity index (χ1v) is 10.0. The molecule has 0 unspecified atom stereocenters.